The highest BCUT2D eigenvalue weighted by atomic mass is 35.5. The molecular weight excluding hydrogens is 278 g/mol. The van der Waals surface area contributed by atoms with E-state index < -0.39 is 0 Å². The number of benzene rings is 1. The third kappa shape index (κ3) is 1.78. The molecule has 1 aromatic carbocycles. The van der Waals surface area contributed by atoms with Crippen LogP contribution >= 0.6 is 11.6 Å². The van der Waals surface area contributed by atoms with Crippen molar-refractivity contribution in [1.29, 1.82) is 0 Å². The second-order valence-corrected chi connectivity index (χ2v) is 5.09. The standard InChI is InChI=1S/C14H12ClN3O2/c1-17-12-10(13(19)18(2)14(17)20)7-11(16-12)8-3-5-9(15)6-4-8/h3-7,16H,1-2H3. The van der Waals surface area contributed by atoms with E-state index >= 15 is 0 Å². The molecule has 5 nitrogen and oxygen atoms in total. The van der Waals surface area contributed by atoms with E-state index in [1.807, 2.05) is 12.1 Å². The van der Waals surface area contributed by atoms with Crippen molar-refractivity contribution in [1.82, 2.24) is 14.1 Å². The summed E-state index contributed by atoms with van der Waals surface area (Å²) in [6, 6.07) is 9.02. The van der Waals surface area contributed by atoms with E-state index in [1.54, 1.807) is 25.2 Å². The van der Waals surface area contributed by atoms with Gasteiger partial charge in [0, 0.05) is 24.8 Å². The molecule has 3 rings (SSSR count). The van der Waals surface area contributed by atoms with Crippen molar-refractivity contribution in [3.05, 3.63) is 56.2 Å². The van der Waals surface area contributed by atoms with Crippen LogP contribution in [-0.2, 0) is 14.1 Å². The molecule has 0 radical (unpaired) electrons. The fraction of sp³-hybridized carbons (Fsp3) is 0.143. The Kier molecular flexibility index (Phi) is 2.79. The van der Waals surface area contributed by atoms with Gasteiger partial charge in [-0.1, -0.05) is 23.7 Å². The van der Waals surface area contributed by atoms with Gasteiger partial charge in [-0.05, 0) is 23.8 Å². The molecule has 0 bridgehead atoms. The van der Waals surface area contributed by atoms with Crippen LogP contribution in [0.2, 0.25) is 5.02 Å². The van der Waals surface area contributed by atoms with Gasteiger partial charge in [0.05, 0.1) is 5.39 Å². The first-order valence-corrected chi connectivity index (χ1v) is 6.41. The van der Waals surface area contributed by atoms with Gasteiger partial charge in [-0.25, -0.2) is 4.79 Å². The molecule has 0 amide bonds. The Morgan fingerprint density at radius 2 is 1.70 bits per heavy atom. The molecule has 0 saturated carbocycles. The number of H-pyrrole nitrogens is 1. The average Bonchev–Trinajstić information content (AvgIpc) is 2.89. The minimum absolute atomic E-state index is 0.306. The maximum Gasteiger partial charge on any atom is 0.332 e. The molecule has 0 saturated heterocycles. The van der Waals surface area contributed by atoms with Gasteiger partial charge in [0.15, 0.2) is 0 Å². The zero-order chi connectivity index (χ0) is 14.4. The number of hydrogen-bond acceptors (Lipinski definition) is 2. The van der Waals surface area contributed by atoms with Crippen molar-refractivity contribution < 1.29 is 0 Å². The zero-order valence-corrected chi connectivity index (χ0v) is 11.7. The van der Waals surface area contributed by atoms with Crippen LogP contribution in [0.15, 0.2) is 39.9 Å². The molecule has 0 atom stereocenters. The lowest BCUT2D eigenvalue weighted by Gasteiger charge is -2.02. The van der Waals surface area contributed by atoms with Crippen molar-refractivity contribution in [3.63, 3.8) is 0 Å². The van der Waals surface area contributed by atoms with Gasteiger partial charge in [-0.2, -0.15) is 0 Å². The van der Waals surface area contributed by atoms with Crippen molar-refractivity contribution in [3.8, 4) is 11.3 Å². The molecule has 0 aliphatic rings. The molecular formula is C14H12ClN3O2. The quantitative estimate of drug-likeness (QED) is 0.743. The average molecular weight is 290 g/mol. The number of fused-ring (bicyclic) bond motifs is 1. The van der Waals surface area contributed by atoms with Gasteiger partial charge in [0.2, 0.25) is 0 Å². The first-order valence-electron chi connectivity index (χ1n) is 6.03. The Morgan fingerprint density at radius 1 is 1.05 bits per heavy atom. The smallest absolute Gasteiger partial charge is 0.332 e. The predicted octanol–water partition coefficient (Wildman–Crippen LogP) is 1.89. The van der Waals surface area contributed by atoms with Crippen molar-refractivity contribution >= 4 is 22.6 Å². The second kappa shape index (κ2) is 4.38. The highest BCUT2D eigenvalue weighted by Gasteiger charge is 2.12. The lowest BCUT2D eigenvalue weighted by Crippen LogP contribution is -2.36. The lowest BCUT2D eigenvalue weighted by atomic mass is 10.1. The molecule has 1 N–H and O–H groups in total. The summed E-state index contributed by atoms with van der Waals surface area (Å²) in [5, 5.41) is 1.13. The third-order valence-electron chi connectivity index (χ3n) is 3.40. The number of rotatable bonds is 1. The largest absolute Gasteiger partial charge is 0.340 e. The van der Waals surface area contributed by atoms with Crippen molar-refractivity contribution in [2.24, 2.45) is 14.1 Å². The SMILES string of the molecule is Cn1c(=O)c2cc(-c3ccc(Cl)cc3)[nH]c2n(C)c1=O. The molecule has 0 spiro atoms. The topological polar surface area (TPSA) is 59.8 Å². The summed E-state index contributed by atoms with van der Waals surface area (Å²) in [7, 11) is 3.10. The lowest BCUT2D eigenvalue weighted by molar-refractivity contribution is 0.710. The van der Waals surface area contributed by atoms with Crippen LogP contribution in [0.5, 0.6) is 0 Å². The van der Waals surface area contributed by atoms with E-state index in [0.29, 0.717) is 16.1 Å². The Labute approximate surface area is 119 Å². The molecule has 20 heavy (non-hydrogen) atoms. The van der Waals surface area contributed by atoms with Gasteiger partial charge in [0.1, 0.15) is 5.65 Å². The summed E-state index contributed by atoms with van der Waals surface area (Å²) in [5.74, 6) is 0. The first kappa shape index (κ1) is 12.7. The number of nitrogens with one attached hydrogen (secondary N) is 1. The van der Waals surface area contributed by atoms with E-state index in [1.165, 1.54) is 11.6 Å². The van der Waals surface area contributed by atoms with Crippen LogP contribution in [0.1, 0.15) is 0 Å². The highest BCUT2D eigenvalue weighted by Crippen LogP contribution is 2.23. The number of nitrogens with zero attached hydrogens (tertiary/aromatic N) is 2. The molecule has 0 aliphatic heterocycles. The van der Waals surface area contributed by atoms with Crippen LogP contribution in [-0.4, -0.2) is 14.1 Å². The Bertz CT molecular complexity index is 916. The van der Waals surface area contributed by atoms with E-state index in [-0.39, 0.29) is 11.2 Å². The Hall–Kier alpha value is -2.27. The zero-order valence-electron chi connectivity index (χ0n) is 11.0. The molecule has 3 aromatic rings. The van der Waals surface area contributed by atoms with Crippen molar-refractivity contribution in [2.45, 2.75) is 0 Å². The summed E-state index contributed by atoms with van der Waals surface area (Å²) >= 11 is 5.86. The fourth-order valence-electron chi connectivity index (χ4n) is 2.24. The molecule has 2 aromatic heterocycles. The fourth-order valence-corrected chi connectivity index (χ4v) is 2.37. The Balaban J connectivity index is 2.34. The molecule has 102 valence electrons. The number of aryl methyl sites for hydroxylation is 1. The second-order valence-electron chi connectivity index (χ2n) is 4.66. The number of aromatic nitrogens is 3. The monoisotopic (exact) mass is 289 g/mol. The van der Waals surface area contributed by atoms with E-state index in [9.17, 15) is 9.59 Å². The molecule has 0 fully saturated rings. The highest BCUT2D eigenvalue weighted by molar-refractivity contribution is 6.30. The Morgan fingerprint density at radius 3 is 2.35 bits per heavy atom. The molecule has 0 aliphatic carbocycles. The minimum Gasteiger partial charge on any atom is -0.340 e. The maximum absolute atomic E-state index is 12.1. The normalized spacial score (nSPS) is 11.2. The van der Waals surface area contributed by atoms with Crippen molar-refractivity contribution in [2.75, 3.05) is 0 Å². The van der Waals surface area contributed by atoms with E-state index in [4.69, 9.17) is 11.6 Å². The number of aromatic amines is 1. The first-order chi connectivity index (χ1) is 9.49. The summed E-state index contributed by atoms with van der Waals surface area (Å²) < 4.78 is 2.53. The van der Waals surface area contributed by atoms with Crippen LogP contribution in [0.3, 0.4) is 0 Å². The molecule has 6 heteroatoms. The van der Waals surface area contributed by atoms with Crippen LogP contribution < -0.4 is 11.2 Å². The van der Waals surface area contributed by atoms with Crippen LogP contribution in [0.25, 0.3) is 22.3 Å². The number of hydrogen-bond donors (Lipinski definition) is 1. The number of halogens is 1. The van der Waals surface area contributed by atoms with Gasteiger partial charge in [0.25, 0.3) is 5.56 Å². The van der Waals surface area contributed by atoms with E-state index in [0.717, 1.165) is 15.8 Å². The minimum atomic E-state index is -0.355. The molecule has 2 heterocycles. The molecule has 0 unspecified atom stereocenters. The van der Waals surface area contributed by atoms with E-state index in [2.05, 4.69) is 4.98 Å². The van der Waals surface area contributed by atoms with Gasteiger partial charge in [-0.3, -0.25) is 13.9 Å². The third-order valence-corrected chi connectivity index (χ3v) is 3.65. The van der Waals surface area contributed by atoms with Crippen LogP contribution in [0.4, 0.5) is 0 Å². The van der Waals surface area contributed by atoms with Gasteiger partial charge < -0.3 is 4.98 Å². The van der Waals surface area contributed by atoms with Gasteiger partial charge >= 0.3 is 5.69 Å². The van der Waals surface area contributed by atoms with Crippen LogP contribution in [0, 0.1) is 0 Å². The maximum atomic E-state index is 12.1. The van der Waals surface area contributed by atoms with Gasteiger partial charge in [-0.15, -0.1) is 0 Å². The summed E-state index contributed by atoms with van der Waals surface area (Å²) in [6.45, 7) is 0. The predicted molar refractivity (Wildman–Crippen MR) is 79.2 cm³/mol. The summed E-state index contributed by atoms with van der Waals surface area (Å²) in [4.78, 5) is 27.1. The summed E-state index contributed by atoms with van der Waals surface area (Å²) in [6.07, 6.45) is 0. The summed E-state index contributed by atoms with van der Waals surface area (Å²) in [5.41, 5.74) is 1.53.